The highest BCUT2D eigenvalue weighted by Crippen LogP contribution is 2.17. The molecule has 0 amide bonds. The molecule has 1 aromatic rings. The molecule has 0 saturated heterocycles. The van der Waals surface area contributed by atoms with E-state index in [1.807, 2.05) is 24.3 Å². The maximum Gasteiger partial charge on any atom is 0.195 e. The third kappa shape index (κ3) is 8.77. The van der Waals surface area contributed by atoms with Gasteiger partial charge in [0.2, 0.25) is 0 Å². The van der Waals surface area contributed by atoms with E-state index < -0.39 is 0 Å². The first-order valence-corrected chi connectivity index (χ1v) is 6.99. The van der Waals surface area contributed by atoms with Gasteiger partial charge in [-0.1, -0.05) is 13.0 Å². The van der Waals surface area contributed by atoms with Crippen LogP contribution in [0.25, 0.3) is 0 Å². The number of aliphatic imine (C=N–C) groups is 1. The minimum atomic E-state index is 0. The van der Waals surface area contributed by atoms with E-state index in [2.05, 4.69) is 22.5 Å². The van der Waals surface area contributed by atoms with Gasteiger partial charge in [-0.25, -0.2) is 0 Å². The Kier molecular flexibility index (Phi) is 12.1. The molecule has 0 bridgehead atoms. The van der Waals surface area contributed by atoms with E-state index in [9.17, 15) is 0 Å². The summed E-state index contributed by atoms with van der Waals surface area (Å²) in [6, 6.07) is 7.85. The van der Waals surface area contributed by atoms with Crippen molar-refractivity contribution in [2.75, 3.05) is 39.2 Å². The van der Waals surface area contributed by atoms with Crippen LogP contribution in [-0.4, -0.2) is 39.9 Å². The number of benzene rings is 1. The van der Waals surface area contributed by atoms with E-state index in [1.165, 1.54) is 0 Å². The predicted molar refractivity (Wildman–Crippen MR) is 99.1 cm³/mol. The number of halogens is 1. The highest BCUT2D eigenvalue weighted by atomic mass is 127. The van der Waals surface area contributed by atoms with Crippen LogP contribution in [0.4, 0.5) is 5.69 Å². The number of guanidine groups is 1. The van der Waals surface area contributed by atoms with E-state index in [-0.39, 0.29) is 24.0 Å². The molecule has 0 aliphatic heterocycles. The Balaban J connectivity index is 0.00000400. The maximum absolute atomic E-state index is 5.66. The van der Waals surface area contributed by atoms with Gasteiger partial charge in [0.25, 0.3) is 0 Å². The summed E-state index contributed by atoms with van der Waals surface area (Å²) in [5, 5.41) is 6.47. The molecule has 120 valence electrons. The fraction of sp³-hybridized carbons (Fsp3) is 0.533. The number of hydrogen-bond donors (Lipinski definition) is 2. The van der Waals surface area contributed by atoms with Gasteiger partial charge in [-0.15, -0.1) is 24.0 Å². The number of methoxy groups -OCH3 is 1. The average Bonchev–Trinajstić information content (AvgIpc) is 2.48. The lowest BCUT2D eigenvalue weighted by atomic mass is 10.3. The summed E-state index contributed by atoms with van der Waals surface area (Å²) in [5.74, 6) is 1.61. The molecule has 1 aromatic carbocycles. The molecule has 21 heavy (non-hydrogen) atoms. The van der Waals surface area contributed by atoms with Crippen molar-refractivity contribution in [2.45, 2.75) is 19.8 Å². The molecule has 0 aliphatic rings. The minimum Gasteiger partial charge on any atom is -0.493 e. The number of ether oxygens (including phenoxy) is 2. The maximum atomic E-state index is 5.66. The Morgan fingerprint density at radius 1 is 1.29 bits per heavy atom. The van der Waals surface area contributed by atoms with Gasteiger partial charge in [0, 0.05) is 45.5 Å². The summed E-state index contributed by atoms with van der Waals surface area (Å²) in [4.78, 5) is 4.17. The van der Waals surface area contributed by atoms with Gasteiger partial charge in [-0.3, -0.25) is 4.99 Å². The van der Waals surface area contributed by atoms with Gasteiger partial charge >= 0.3 is 0 Å². The quantitative estimate of drug-likeness (QED) is 0.301. The Bertz CT molecular complexity index is 414. The predicted octanol–water partition coefficient (Wildman–Crippen LogP) is 3.12. The Labute approximate surface area is 144 Å². The van der Waals surface area contributed by atoms with Crippen LogP contribution in [0.5, 0.6) is 5.75 Å². The zero-order valence-electron chi connectivity index (χ0n) is 13.0. The summed E-state index contributed by atoms with van der Waals surface area (Å²) in [7, 11) is 3.45. The van der Waals surface area contributed by atoms with Crippen LogP contribution in [0.3, 0.4) is 0 Å². The lowest BCUT2D eigenvalue weighted by molar-refractivity contribution is 0.172. The molecule has 0 unspecified atom stereocenters. The van der Waals surface area contributed by atoms with Crippen molar-refractivity contribution in [3.05, 3.63) is 24.3 Å². The number of nitrogens with one attached hydrogen (secondary N) is 2. The summed E-state index contributed by atoms with van der Waals surface area (Å²) < 4.78 is 10.7. The lowest BCUT2D eigenvalue weighted by Crippen LogP contribution is -2.31. The van der Waals surface area contributed by atoms with Crippen molar-refractivity contribution >= 4 is 35.6 Å². The molecule has 6 heteroatoms. The molecule has 1 rings (SSSR count). The Morgan fingerprint density at radius 3 is 2.76 bits per heavy atom. The minimum absolute atomic E-state index is 0. The van der Waals surface area contributed by atoms with Gasteiger partial charge in [0.1, 0.15) is 5.75 Å². The van der Waals surface area contributed by atoms with Crippen LogP contribution < -0.4 is 15.4 Å². The molecule has 0 saturated carbocycles. The molecule has 0 spiro atoms. The van der Waals surface area contributed by atoms with Gasteiger partial charge < -0.3 is 20.1 Å². The third-order valence-corrected chi connectivity index (χ3v) is 2.62. The van der Waals surface area contributed by atoms with E-state index in [0.29, 0.717) is 13.2 Å². The van der Waals surface area contributed by atoms with Crippen LogP contribution in [0.1, 0.15) is 19.8 Å². The zero-order valence-corrected chi connectivity index (χ0v) is 15.3. The lowest BCUT2D eigenvalue weighted by Gasteiger charge is -2.12. The first-order valence-electron chi connectivity index (χ1n) is 6.99. The number of hydrogen-bond acceptors (Lipinski definition) is 3. The van der Waals surface area contributed by atoms with E-state index in [0.717, 1.165) is 36.8 Å². The summed E-state index contributed by atoms with van der Waals surface area (Å²) in [6.45, 7) is 4.38. The first-order chi connectivity index (χ1) is 9.80. The number of nitrogens with zero attached hydrogens (tertiary/aromatic N) is 1. The van der Waals surface area contributed by atoms with Crippen LogP contribution in [0.2, 0.25) is 0 Å². The normalized spacial score (nSPS) is 10.7. The van der Waals surface area contributed by atoms with Crippen molar-refractivity contribution in [2.24, 2.45) is 4.99 Å². The summed E-state index contributed by atoms with van der Waals surface area (Å²) in [5.41, 5.74) is 0.957. The molecule has 0 atom stereocenters. The third-order valence-electron chi connectivity index (χ3n) is 2.62. The second-order valence-electron chi connectivity index (χ2n) is 4.35. The van der Waals surface area contributed by atoms with Crippen molar-refractivity contribution in [3.8, 4) is 5.75 Å². The van der Waals surface area contributed by atoms with Gasteiger partial charge in [0.05, 0.1) is 6.61 Å². The molecular formula is C15H26IN3O2. The highest BCUT2D eigenvalue weighted by molar-refractivity contribution is 14.0. The summed E-state index contributed by atoms with van der Waals surface area (Å²) in [6.07, 6.45) is 1.94. The largest absolute Gasteiger partial charge is 0.493 e. The fourth-order valence-corrected chi connectivity index (χ4v) is 1.62. The van der Waals surface area contributed by atoms with E-state index in [4.69, 9.17) is 9.47 Å². The zero-order chi connectivity index (χ0) is 14.6. The topological polar surface area (TPSA) is 54.9 Å². The standard InChI is InChI=1S/C15H25N3O2.HI/c1-4-9-17-15(16-2)18-13-7-5-8-14(12-13)20-11-6-10-19-3;/h5,7-8,12H,4,6,9-11H2,1-3H3,(H2,16,17,18);1H. The number of anilines is 1. The molecule has 0 radical (unpaired) electrons. The molecule has 0 aromatic heterocycles. The highest BCUT2D eigenvalue weighted by Gasteiger charge is 2.00. The Hall–Kier alpha value is -1.02. The summed E-state index contributed by atoms with van der Waals surface area (Å²) >= 11 is 0. The second kappa shape index (κ2) is 12.7. The van der Waals surface area contributed by atoms with Crippen LogP contribution >= 0.6 is 24.0 Å². The van der Waals surface area contributed by atoms with Gasteiger partial charge in [-0.05, 0) is 18.6 Å². The van der Waals surface area contributed by atoms with Crippen molar-refractivity contribution in [1.82, 2.24) is 5.32 Å². The molecule has 0 aliphatic carbocycles. The van der Waals surface area contributed by atoms with Crippen molar-refractivity contribution in [3.63, 3.8) is 0 Å². The molecule has 0 fully saturated rings. The van der Waals surface area contributed by atoms with Crippen LogP contribution in [-0.2, 0) is 4.74 Å². The molecule has 5 nitrogen and oxygen atoms in total. The molecule has 2 N–H and O–H groups in total. The monoisotopic (exact) mass is 407 g/mol. The fourth-order valence-electron chi connectivity index (χ4n) is 1.62. The van der Waals surface area contributed by atoms with Gasteiger partial charge in [0.15, 0.2) is 5.96 Å². The molecule has 0 heterocycles. The smallest absolute Gasteiger partial charge is 0.195 e. The van der Waals surface area contributed by atoms with E-state index >= 15 is 0 Å². The van der Waals surface area contributed by atoms with Gasteiger partial charge in [-0.2, -0.15) is 0 Å². The van der Waals surface area contributed by atoms with Crippen molar-refractivity contribution in [1.29, 1.82) is 0 Å². The van der Waals surface area contributed by atoms with E-state index in [1.54, 1.807) is 14.2 Å². The van der Waals surface area contributed by atoms with Crippen molar-refractivity contribution < 1.29 is 9.47 Å². The van der Waals surface area contributed by atoms with Crippen LogP contribution in [0, 0.1) is 0 Å². The first kappa shape index (κ1) is 20.0. The Morgan fingerprint density at radius 2 is 2.10 bits per heavy atom. The average molecular weight is 407 g/mol. The second-order valence-corrected chi connectivity index (χ2v) is 4.35. The number of rotatable bonds is 8. The van der Waals surface area contributed by atoms with Crippen LogP contribution in [0.15, 0.2) is 29.3 Å². The SMILES string of the molecule is CCCNC(=NC)Nc1cccc(OCCCOC)c1.I. The molecular weight excluding hydrogens is 381 g/mol.